The molecule has 1 aliphatic heterocycles. The molecule has 9 nitrogen and oxygen atoms in total. The van der Waals surface area contributed by atoms with E-state index in [0.29, 0.717) is 5.56 Å². The fraction of sp³-hybridized carbons (Fsp3) is 0.333. The Balaban J connectivity index is 1.84. The van der Waals surface area contributed by atoms with E-state index in [1.807, 2.05) is 25.1 Å². The summed E-state index contributed by atoms with van der Waals surface area (Å²) in [5.41, 5.74) is 3.37. The summed E-state index contributed by atoms with van der Waals surface area (Å²) >= 11 is 0. The highest BCUT2D eigenvalue weighted by Gasteiger charge is 2.34. The van der Waals surface area contributed by atoms with Crippen molar-refractivity contribution < 1.29 is 23.9 Å². The predicted molar refractivity (Wildman–Crippen MR) is 107 cm³/mol. The summed E-state index contributed by atoms with van der Waals surface area (Å²) in [6.45, 7) is 5.22. The second kappa shape index (κ2) is 9.25. The maximum absolute atomic E-state index is 12.7. The van der Waals surface area contributed by atoms with E-state index < -0.39 is 24.0 Å². The molecule has 2 amide bonds. The Morgan fingerprint density at radius 3 is 2.50 bits per heavy atom. The molecule has 0 bridgehead atoms. The molecule has 2 aromatic rings. The minimum Gasteiger partial charge on any atom is -0.463 e. The lowest BCUT2D eigenvalue weighted by molar-refractivity contribution is -0.143. The number of aryl methyl sites for hydroxylation is 2. The number of carbonyl (C=O) groups is 3. The van der Waals surface area contributed by atoms with Crippen molar-refractivity contribution in [3.63, 3.8) is 0 Å². The first kappa shape index (κ1) is 21.1. The molecule has 0 fully saturated rings. The number of benzene rings is 1. The molecule has 9 heteroatoms. The third kappa shape index (κ3) is 4.68. The second-order valence-corrected chi connectivity index (χ2v) is 6.80. The van der Waals surface area contributed by atoms with Crippen LogP contribution in [0.4, 0.5) is 4.79 Å². The first-order chi connectivity index (χ1) is 14.4. The first-order valence-electron chi connectivity index (χ1n) is 9.59. The zero-order valence-corrected chi connectivity index (χ0v) is 17.1. The fourth-order valence-corrected chi connectivity index (χ4v) is 3.26. The van der Waals surface area contributed by atoms with E-state index >= 15 is 0 Å². The minimum absolute atomic E-state index is 0.0322. The standard InChI is InChI=1S/C21H24N4O5/c1-4-29-20(27)18-16(11-30-17(26)10-15-12(2)24-25-13(15)3)22-21(28)23-19(18)14-8-6-5-7-9-14/h5-9,19H,4,10-11H2,1-3H3,(H,24,25)(H2,22,23,28). The van der Waals surface area contributed by atoms with Crippen LogP contribution in [0, 0.1) is 13.8 Å². The van der Waals surface area contributed by atoms with Crippen LogP contribution in [0.3, 0.4) is 0 Å². The van der Waals surface area contributed by atoms with Gasteiger partial charge in [0.2, 0.25) is 0 Å². The van der Waals surface area contributed by atoms with E-state index in [2.05, 4.69) is 20.8 Å². The number of urea groups is 1. The van der Waals surface area contributed by atoms with E-state index in [-0.39, 0.29) is 30.9 Å². The molecule has 158 valence electrons. The number of nitrogens with zero attached hydrogens (tertiary/aromatic N) is 1. The van der Waals surface area contributed by atoms with Crippen LogP contribution in [0.5, 0.6) is 0 Å². The Hall–Kier alpha value is -3.62. The summed E-state index contributed by atoms with van der Waals surface area (Å²) in [4.78, 5) is 37.2. The fourth-order valence-electron chi connectivity index (χ4n) is 3.26. The summed E-state index contributed by atoms with van der Waals surface area (Å²) in [7, 11) is 0. The topological polar surface area (TPSA) is 122 Å². The lowest BCUT2D eigenvalue weighted by Crippen LogP contribution is -2.47. The van der Waals surface area contributed by atoms with E-state index in [4.69, 9.17) is 9.47 Å². The lowest BCUT2D eigenvalue weighted by atomic mass is 9.95. The van der Waals surface area contributed by atoms with Crippen molar-refractivity contribution in [2.45, 2.75) is 33.2 Å². The van der Waals surface area contributed by atoms with Gasteiger partial charge in [0, 0.05) is 11.3 Å². The zero-order valence-electron chi connectivity index (χ0n) is 17.1. The molecule has 1 aliphatic rings. The van der Waals surface area contributed by atoms with Crippen molar-refractivity contribution in [3.8, 4) is 0 Å². The average Bonchev–Trinajstić information content (AvgIpc) is 3.04. The monoisotopic (exact) mass is 412 g/mol. The van der Waals surface area contributed by atoms with Gasteiger partial charge in [-0.05, 0) is 26.3 Å². The average molecular weight is 412 g/mol. The molecular formula is C21H24N4O5. The number of aromatic nitrogens is 2. The third-order valence-electron chi connectivity index (χ3n) is 4.76. The number of hydrogen-bond acceptors (Lipinski definition) is 6. The van der Waals surface area contributed by atoms with E-state index in [9.17, 15) is 14.4 Å². The second-order valence-electron chi connectivity index (χ2n) is 6.80. The van der Waals surface area contributed by atoms with Gasteiger partial charge in [-0.25, -0.2) is 9.59 Å². The molecule has 1 aromatic carbocycles. The first-order valence-corrected chi connectivity index (χ1v) is 9.59. The molecule has 1 aromatic heterocycles. The van der Waals surface area contributed by atoms with E-state index in [0.717, 1.165) is 17.0 Å². The van der Waals surface area contributed by atoms with Gasteiger partial charge in [-0.15, -0.1) is 0 Å². The summed E-state index contributed by atoms with van der Waals surface area (Å²) in [6, 6.07) is 7.83. The summed E-state index contributed by atoms with van der Waals surface area (Å²) in [5, 5.41) is 12.2. The predicted octanol–water partition coefficient (Wildman–Crippen LogP) is 1.98. The van der Waals surface area contributed by atoms with Crippen molar-refractivity contribution in [3.05, 3.63) is 64.1 Å². The van der Waals surface area contributed by atoms with Crippen LogP contribution < -0.4 is 10.6 Å². The Labute approximate surface area is 173 Å². The molecule has 30 heavy (non-hydrogen) atoms. The van der Waals surface area contributed by atoms with Crippen molar-refractivity contribution in [1.82, 2.24) is 20.8 Å². The summed E-state index contributed by atoms with van der Waals surface area (Å²) in [5.74, 6) is -1.09. The number of nitrogens with one attached hydrogen (secondary N) is 3. The maximum Gasteiger partial charge on any atom is 0.338 e. The van der Waals surface area contributed by atoms with Crippen molar-refractivity contribution in [2.24, 2.45) is 0 Å². The van der Waals surface area contributed by atoms with Gasteiger partial charge in [0.1, 0.15) is 6.61 Å². The Morgan fingerprint density at radius 2 is 1.87 bits per heavy atom. The number of ether oxygens (including phenoxy) is 2. The number of H-pyrrole nitrogens is 1. The van der Waals surface area contributed by atoms with Crippen molar-refractivity contribution in [1.29, 1.82) is 0 Å². The highest BCUT2D eigenvalue weighted by molar-refractivity contribution is 5.95. The highest BCUT2D eigenvalue weighted by atomic mass is 16.5. The molecule has 1 atom stereocenters. The number of esters is 2. The largest absolute Gasteiger partial charge is 0.463 e. The Bertz CT molecular complexity index is 961. The minimum atomic E-state index is -0.717. The van der Waals surface area contributed by atoms with E-state index in [1.165, 1.54) is 0 Å². The van der Waals surface area contributed by atoms with Crippen LogP contribution in [0.2, 0.25) is 0 Å². The van der Waals surface area contributed by atoms with Gasteiger partial charge in [0.15, 0.2) is 0 Å². The molecule has 0 radical (unpaired) electrons. The van der Waals surface area contributed by atoms with Gasteiger partial charge in [0.05, 0.1) is 36.0 Å². The van der Waals surface area contributed by atoms with Crippen LogP contribution in [0.1, 0.15) is 35.5 Å². The molecule has 0 saturated carbocycles. The Morgan fingerprint density at radius 1 is 1.13 bits per heavy atom. The van der Waals surface area contributed by atoms with Gasteiger partial charge in [-0.2, -0.15) is 5.10 Å². The Kier molecular flexibility index (Phi) is 6.51. The number of rotatable bonds is 7. The van der Waals surface area contributed by atoms with Gasteiger partial charge >= 0.3 is 18.0 Å². The van der Waals surface area contributed by atoms with Crippen LogP contribution in [-0.2, 0) is 25.5 Å². The quantitative estimate of drug-likeness (QED) is 0.598. The number of hydrogen-bond donors (Lipinski definition) is 3. The van der Waals surface area contributed by atoms with E-state index in [1.54, 1.807) is 26.0 Å². The third-order valence-corrected chi connectivity index (χ3v) is 4.76. The molecule has 2 heterocycles. The number of aromatic amines is 1. The zero-order chi connectivity index (χ0) is 21.7. The molecule has 0 spiro atoms. The molecule has 0 saturated heterocycles. The number of amides is 2. The van der Waals surface area contributed by atoms with Gasteiger partial charge in [-0.3, -0.25) is 9.89 Å². The van der Waals surface area contributed by atoms with Crippen LogP contribution in [0.15, 0.2) is 41.6 Å². The van der Waals surface area contributed by atoms with Crippen LogP contribution in [-0.4, -0.2) is 41.4 Å². The number of carbonyl (C=O) groups excluding carboxylic acids is 3. The molecule has 1 unspecified atom stereocenters. The normalized spacial score (nSPS) is 16.0. The lowest BCUT2D eigenvalue weighted by Gasteiger charge is -2.29. The highest BCUT2D eigenvalue weighted by Crippen LogP contribution is 2.27. The smallest absolute Gasteiger partial charge is 0.338 e. The van der Waals surface area contributed by atoms with Crippen molar-refractivity contribution >= 4 is 18.0 Å². The molecule has 3 rings (SSSR count). The summed E-state index contributed by atoms with van der Waals surface area (Å²) < 4.78 is 10.5. The van der Waals surface area contributed by atoms with Gasteiger partial charge < -0.3 is 20.1 Å². The van der Waals surface area contributed by atoms with Gasteiger partial charge in [-0.1, -0.05) is 30.3 Å². The maximum atomic E-state index is 12.7. The van der Waals surface area contributed by atoms with Crippen molar-refractivity contribution in [2.75, 3.05) is 13.2 Å². The molecular weight excluding hydrogens is 388 g/mol. The molecule has 3 N–H and O–H groups in total. The summed E-state index contributed by atoms with van der Waals surface area (Å²) in [6.07, 6.45) is 0.0322. The van der Waals surface area contributed by atoms with Gasteiger partial charge in [0.25, 0.3) is 0 Å². The molecule has 0 aliphatic carbocycles. The SMILES string of the molecule is CCOC(=O)C1=C(COC(=O)Cc2c(C)n[nH]c2C)NC(=O)NC1c1ccccc1. The van der Waals surface area contributed by atoms with Crippen LogP contribution in [0.25, 0.3) is 0 Å². The van der Waals surface area contributed by atoms with Crippen LogP contribution >= 0.6 is 0 Å².